The molecule has 0 fully saturated rings. The predicted octanol–water partition coefficient (Wildman–Crippen LogP) is 4.35. The Labute approximate surface area is 189 Å². The summed E-state index contributed by atoms with van der Waals surface area (Å²) in [5.41, 5.74) is 11.5. The SMILES string of the molecule is Cc1cccc(-c2cc(NCCc3ccc(OSN(C)N(C)C)cc3)nc(N)n2)c1C. The van der Waals surface area contributed by atoms with E-state index in [0.717, 1.165) is 35.8 Å². The van der Waals surface area contributed by atoms with Crippen LogP contribution in [0.5, 0.6) is 5.75 Å². The minimum atomic E-state index is 0.266. The first kappa shape index (κ1) is 22.9. The highest BCUT2D eigenvalue weighted by molar-refractivity contribution is 7.92. The van der Waals surface area contributed by atoms with Crippen LogP contribution in [0, 0.1) is 13.8 Å². The lowest BCUT2D eigenvalue weighted by Gasteiger charge is -2.21. The van der Waals surface area contributed by atoms with Crippen molar-refractivity contribution in [2.45, 2.75) is 20.3 Å². The average Bonchev–Trinajstić information content (AvgIpc) is 2.74. The van der Waals surface area contributed by atoms with E-state index in [1.165, 1.54) is 28.9 Å². The van der Waals surface area contributed by atoms with Gasteiger partial charge >= 0.3 is 0 Å². The third kappa shape index (κ3) is 6.33. The summed E-state index contributed by atoms with van der Waals surface area (Å²) in [6.45, 7) is 4.93. The van der Waals surface area contributed by atoms with Crippen LogP contribution >= 0.6 is 12.2 Å². The third-order valence-corrected chi connectivity index (χ3v) is 5.88. The summed E-state index contributed by atoms with van der Waals surface area (Å²) in [6.07, 6.45) is 0.855. The van der Waals surface area contributed by atoms with Gasteiger partial charge in [0.1, 0.15) is 11.6 Å². The minimum absolute atomic E-state index is 0.266. The fourth-order valence-corrected chi connectivity index (χ4v) is 3.37. The molecule has 3 rings (SSSR count). The number of aryl methyl sites for hydroxylation is 1. The summed E-state index contributed by atoms with van der Waals surface area (Å²) in [5.74, 6) is 1.81. The van der Waals surface area contributed by atoms with Gasteiger partial charge in [0, 0.05) is 39.3 Å². The van der Waals surface area contributed by atoms with Crippen molar-refractivity contribution in [3.8, 4) is 17.0 Å². The number of nitrogens with zero attached hydrogens (tertiary/aromatic N) is 4. The number of benzene rings is 2. The van der Waals surface area contributed by atoms with Gasteiger partial charge in [-0.25, -0.2) is 9.99 Å². The van der Waals surface area contributed by atoms with Crippen LogP contribution in [0.2, 0.25) is 0 Å². The molecule has 0 spiro atoms. The lowest BCUT2D eigenvalue weighted by Crippen LogP contribution is -2.27. The highest BCUT2D eigenvalue weighted by Gasteiger charge is 2.09. The second-order valence-corrected chi connectivity index (χ2v) is 8.38. The Hall–Kier alpha value is -2.81. The Kier molecular flexibility index (Phi) is 7.73. The number of nitrogen functional groups attached to an aromatic ring is 1. The first-order valence-corrected chi connectivity index (χ1v) is 10.8. The molecule has 0 unspecified atom stereocenters. The van der Waals surface area contributed by atoms with E-state index in [1.54, 1.807) is 0 Å². The van der Waals surface area contributed by atoms with Crippen LogP contribution in [-0.2, 0) is 6.42 Å². The van der Waals surface area contributed by atoms with E-state index in [-0.39, 0.29) is 5.95 Å². The van der Waals surface area contributed by atoms with Gasteiger partial charge in [-0.05, 0) is 49.1 Å². The average molecular weight is 439 g/mol. The zero-order valence-electron chi connectivity index (χ0n) is 18.7. The van der Waals surface area contributed by atoms with Gasteiger partial charge in [0.15, 0.2) is 12.2 Å². The van der Waals surface area contributed by atoms with Gasteiger partial charge in [0.2, 0.25) is 5.95 Å². The molecule has 164 valence electrons. The topological polar surface area (TPSA) is 79.5 Å². The molecule has 1 aromatic heterocycles. The number of nitrogens with one attached hydrogen (secondary N) is 1. The van der Waals surface area contributed by atoms with Crippen molar-refractivity contribution in [3.63, 3.8) is 0 Å². The smallest absolute Gasteiger partial charge is 0.222 e. The van der Waals surface area contributed by atoms with E-state index in [9.17, 15) is 0 Å². The second-order valence-electron chi connectivity index (χ2n) is 7.53. The molecule has 1 heterocycles. The zero-order chi connectivity index (χ0) is 22.4. The Bertz CT molecular complexity index is 1010. The molecule has 7 nitrogen and oxygen atoms in total. The molecule has 0 atom stereocenters. The normalized spacial score (nSPS) is 11.2. The molecule has 0 radical (unpaired) electrons. The van der Waals surface area contributed by atoms with Crippen molar-refractivity contribution in [1.82, 2.24) is 19.4 Å². The predicted molar refractivity (Wildman–Crippen MR) is 130 cm³/mol. The molecule has 31 heavy (non-hydrogen) atoms. The Morgan fingerprint density at radius 2 is 1.77 bits per heavy atom. The molecule has 0 aliphatic heterocycles. The van der Waals surface area contributed by atoms with Crippen LogP contribution in [0.3, 0.4) is 0 Å². The number of rotatable bonds is 9. The van der Waals surface area contributed by atoms with Crippen LogP contribution < -0.4 is 15.2 Å². The summed E-state index contributed by atoms with van der Waals surface area (Å²) < 4.78 is 7.60. The molecular weight excluding hydrogens is 408 g/mol. The fourth-order valence-electron chi connectivity index (χ4n) is 2.93. The first-order valence-electron chi connectivity index (χ1n) is 10.1. The highest BCUT2D eigenvalue weighted by atomic mass is 32.2. The quantitative estimate of drug-likeness (QED) is 0.290. The van der Waals surface area contributed by atoms with E-state index < -0.39 is 0 Å². The molecule has 0 bridgehead atoms. The summed E-state index contributed by atoms with van der Waals surface area (Å²) in [4.78, 5) is 8.76. The monoisotopic (exact) mass is 438 g/mol. The van der Waals surface area contributed by atoms with Crippen LogP contribution in [-0.4, -0.2) is 47.1 Å². The Balaban J connectivity index is 1.58. The summed E-state index contributed by atoms with van der Waals surface area (Å²) in [6, 6.07) is 16.2. The van der Waals surface area contributed by atoms with Crippen molar-refractivity contribution >= 4 is 24.0 Å². The van der Waals surface area contributed by atoms with Crippen molar-refractivity contribution in [2.75, 3.05) is 38.7 Å². The number of hydrogen-bond acceptors (Lipinski definition) is 8. The van der Waals surface area contributed by atoms with Crippen LogP contribution in [0.4, 0.5) is 11.8 Å². The lowest BCUT2D eigenvalue weighted by atomic mass is 10.0. The van der Waals surface area contributed by atoms with Crippen LogP contribution in [0.1, 0.15) is 16.7 Å². The number of hydrogen-bond donors (Lipinski definition) is 2. The molecule has 0 amide bonds. The molecule has 3 aromatic rings. The lowest BCUT2D eigenvalue weighted by molar-refractivity contribution is 0.170. The number of anilines is 2. The fraction of sp³-hybridized carbons (Fsp3) is 0.304. The van der Waals surface area contributed by atoms with Gasteiger partial charge in [0.05, 0.1) is 5.69 Å². The van der Waals surface area contributed by atoms with Gasteiger partial charge < -0.3 is 15.2 Å². The minimum Gasteiger partial charge on any atom is -0.409 e. The maximum atomic E-state index is 5.97. The molecule has 0 saturated carbocycles. The molecule has 0 saturated heterocycles. The number of nitrogens with two attached hydrogens (primary N) is 1. The van der Waals surface area contributed by atoms with E-state index in [1.807, 2.05) is 54.8 Å². The van der Waals surface area contributed by atoms with Crippen molar-refractivity contribution < 1.29 is 4.18 Å². The molecule has 8 heteroatoms. The summed E-state index contributed by atoms with van der Waals surface area (Å²) in [5, 5.41) is 5.31. The number of aromatic nitrogens is 2. The zero-order valence-corrected chi connectivity index (χ0v) is 19.5. The van der Waals surface area contributed by atoms with Gasteiger partial charge in [-0.2, -0.15) is 9.40 Å². The largest absolute Gasteiger partial charge is 0.409 e. The van der Waals surface area contributed by atoms with Gasteiger partial charge in [-0.3, -0.25) is 0 Å². The van der Waals surface area contributed by atoms with Crippen molar-refractivity contribution in [1.29, 1.82) is 0 Å². The van der Waals surface area contributed by atoms with E-state index >= 15 is 0 Å². The van der Waals surface area contributed by atoms with Gasteiger partial charge in [-0.15, -0.1) is 0 Å². The van der Waals surface area contributed by atoms with Crippen LogP contribution in [0.15, 0.2) is 48.5 Å². The first-order chi connectivity index (χ1) is 14.8. The van der Waals surface area contributed by atoms with Crippen molar-refractivity contribution in [3.05, 3.63) is 65.2 Å². The molecule has 0 aliphatic rings. The second kappa shape index (κ2) is 10.5. The molecular formula is C23H30N6OS. The molecule has 2 aromatic carbocycles. The standard InChI is InChI=1S/C23H30N6OS/c1-16-7-6-8-20(17(16)2)21-15-22(27-23(24)26-21)25-14-13-18-9-11-19(12-10-18)30-31-29(5)28(3)4/h6-12,15H,13-14H2,1-5H3,(H3,24,25,26,27). The summed E-state index contributed by atoms with van der Waals surface area (Å²) >= 11 is 1.28. The molecule has 3 N–H and O–H groups in total. The van der Waals surface area contributed by atoms with E-state index in [0.29, 0.717) is 0 Å². The molecule has 0 aliphatic carbocycles. The Morgan fingerprint density at radius 1 is 1.03 bits per heavy atom. The van der Waals surface area contributed by atoms with E-state index in [4.69, 9.17) is 9.92 Å². The highest BCUT2D eigenvalue weighted by Crippen LogP contribution is 2.26. The summed E-state index contributed by atoms with van der Waals surface area (Å²) in [7, 11) is 5.86. The van der Waals surface area contributed by atoms with Crippen LogP contribution in [0.25, 0.3) is 11.3 Å². The van der Waals surface area contributed by atoms with Gasteiger partial charge in [0.25, 0.3) is 0 Å². The number of hydrazine groups is 1. The maximum absolute atomic E-state index is 5.97. The Morgan fingerprint density at radius 3 is 2.48 bits per heavy atom. The third-order valence-electron chi connectivity index (χ3n) is 5.07. The van der Waals surface area contributed by atoms with E-state index in [2.05, 4.69) is 53.4 Å². The van der Waals surface area contributed by atoms with Crippen molar-refractivity contribution in [2.24, 2.45) is 0 Å². The maximum Gasteiger partial charge on any atom is 0.222 e. The van der Waals surface area contributed by atoms with Gasteiger partial charge in [-0.1, -0.05) is 30.3 Å².